The fraction of sp³-hybridized carbons (Fsp3) is 0.500. The second kappa shape index (κ2) is 6.55. The number of amides is 1. The van der Waals surface area contributed by atoms with Crippen LogP contribution in [-0.2, 0) is 0 Å². The standard InChI is InChI=1S/C16H19N3OS3/c1-10-9-21-16(17-10)23-14-3-2-13(22-14)15(20)18-12-8-19-6-4-11(12)5-7-19/h2-3,9,11-12H,4-8H2,1H3,(H,18,20). The second-order valence-corrected chi connectivity index (χ2v) is 9.68. The van der Waals surface area contributed by atoms with Gasteiger partial charge in [0.05, 0.1) is 9.09 Å². The maximum absolute atomic E-state index is 12.5. The number of hydrogen-bond donors (Lipinski definition) is 1. The molecule has 23 heavy (non-hydrogen) atoms. The van der Waals surface area contributed by atoms with Crippen molar-refractivity contribution in [1.29, 1.82) is 0 Å². The van der Waals surface area contributed by atoms with Crippen LogP contribution in [0, 0.1) is 12.8 Å². The molecule has 2 bridgehead atoms. The molecule has 3 aliphatic heterocycles. The number of aryl methyl sites for hydroxylation is 1. The summed E-state index contributed by atoms with van der Waals surface area (Å²) in [5, 5.41) is 5.31. The Bertz CT molecular complexity index is 703. The SMILES string of the molecule is Cc1csc(Sc2ccc(C(=O)NC3CN4CCC3CC4)s2)n1. The first-order valence-corrected chi connectivity index (χ1v) is 10.4. The Labute approximate surface area is 148 Å². The van der Waals surface area contributed by atoms with Crippen LogP contribution >= 0.6 is 34.4 Å². The Morgan fingerprint density at radius 3 is 2.87 bits per heavy atom. The van der Waals surface area contributed by atoms with E-state index < -0.39 is 0 Å². The van der Waals surface area contributed by atoms with E-state index in [0.29, 0.717) is 12.0 Å². The third-order valence-corrected chi connectivity index (χ3v) is 7.84. The lowest BCUT2D eigenvalue weighted by molar-refractivity contribution is 0.0622. The highest BCUT2D eigenvalue weighted by Gasteiger charge is 2.35. The van der Waals surface area contributed by atoms with Gasteiger partial charge in [0, 0.05) is 23.7 Å². The summed E-state index contributed by atoms with van der Waals surface area (Å²) in [6.45, 7) is 5.41. The van der Waals surface area contributed by atoms with Gasteiger partial charge in [-0.05, 0) is 62.7 Å². The molecule has 1 unspecified atom stereocenters. The van der Waals surface area contributed by atoms with Crippen molar-refractivity contribution < 1.29 is 4.79 Å². The maximum atomic E-state index is 12.5. The smallest absolute Gasteiger partial charge is 0.261 e. The third kappa shape index (κ3) is 3.47. The van der Waals surface area contributed by atoms with Crippen LogP contribution in [0.4, 0.5) is 0 Å². The zero-order valence-corrected chi connectivity index (χ0v) is 15.4. The number of nitrogens with one attached hydrogen (secondary N) is 1. The molecule has 2 aromatic rings. The highest BCUT2D eigenvalue weighted by Crippen LogP contribution is 2.35. The molecule has 4 nitrogen and oxygen atoms in total. The fourth-order valence-corrected chi connectivity index (χ4v) is 6.43. The van der Waals surface area contributed by atoms with Crippen molar-refractivity contribution in [3.8, 4) is 0 Å². The Kier molecular flexibility index (Phi) is 4.45. The predicted molar refractivity (Wildman–Crippen MR) is 95.7 cm³/mol. The molecule has 5 heterocycles. The summed E-state index contributed by atoms with van der Waals surface area (Å²) >= 11 is 4.85. The molecule has 5 rings (SSSR count). The Hall–Kier alpha value is -0.890. The molecule has 1 N–H and O–H groups in total. The van der Waals surface area contributed by atoms with E-state index in [9.17, 15) is 4.79 Å². The Morgan fingerprint density at radius 2 is 2.22 bits per heavy atom. The molecular weight excluding hydrogens is 346 g/mol. The van der Waals surface area contributed by atoms with Crippen LogP contribution in [0.3, 0.4) is 0 Å². The predicted octanol–water partition coefficient (Wildman–Crippen LogP) is 3.49. The van der Waals surface area contributed by atoms with E-state index in [1.165, 1.54) is 25.9 Å². The van der Waals surface area contributed by atoms with Crippen LogP contribution < -0.4 is 5.32 Å². The van der Waals surface area contributed by atoms with Gasteiger partial charge in [0.2, 0.25) is 0 Å². The van der Waals surface area contributed by atoms with Crippen LogP contribution in [0.15, 0.2) is 26.1 Å². The lowest BCUT2D eigenvalue weighted by Gasteiger charge is -2.44. The number of fused-ring (bicyclic) bond motifs is 3. The van der Waals surface area contributed by atoms with Crippen LogP contribution in [-0.4, -0.2) is 41.5 Å². The topological polar surface area (TPSA) is 45.2 Å². The van der Waals surface area contributed by atoms with E-state index in [1.807, 2.05) is 19.1 Å². The molecule has 0 spiro atoms. The minimum absolute atomic E-state index is 0.0796. The number of nitrogens with zero attached hydrogens (tertiary/aromatic N) is 2. The largest absolute Gasteiger partial charge is 0.347 e. The minimum Gasteiger partial charge on any atom is -0.347 e. The van der Waals surface area contributed by atoms with Gasteiger partial charge >= 0.3 is 0 Å². The summed E-state index contributed by atoms with van der Waals surface area (Å²) in [4.78, 5) is 20.2. The van der Waals surface area contributed by atoms with Crippen LogP contribution in [0.5, 0.6) is 0 Å². The lowest BCUT2D eigenvalue weighted by Crippen LogP contribution is -2.57. The number of rotatable bonds is 4. The lowest BCUT2D eigenvalue weighted by atomic mass is 9.84. The van der Waals surface area contributed by atoms with E-state index in [2.05, 4.69) is 20.6 Å². The molecule has 7 heteroatoms. The average molecular weight is 366 g/mol. The summed E-state index contributed by atoms with van der Waals surface area (Å²) in [7, 11) is 0. The maximum Gasteiger partial charge on any atom is 0.261 e. The summed E-state index contributed by atoms with van der Waals surface area (Å²) in [6, 6.07) is 4.28. The monoisotopic (exact) mass is 365 g/mol. The number of piperidine rings is 3. The van der Waals surface area contributed by atoms with Crippen molar-refractivity contribution in [2.24, 2.45) is 5.92 Å². The van der Waals surface area contributed by atoms with E-state index in [1.54, 1.807) is 34.4 Å². The molecule has 0 aliphatic carbocycles. The fourth-order valence-electron chi connectivity index (χ4n) is 3.33. The first-order chi connectivity index (χ1) is 11.2. The van der Waals surface area contributed by atoms with E-state index >= 15 is 0 Å². The Morgan fingerprint density at radius 1 is 1.39 bits per heavy atom. The van der Waals surface area contributed by atoms with E-state index in [0.717, 1.165) is 25.7 Å². The molecule has 3 aliphatic rings. The number of hydrogen-bond acceptors (Lipinski definition) is 6. The second-order valence-electron chi connectivity index (χ2n) is 6.19. The molecule has 1 amide bonds. The van der Waals surface area contributed by atoms with E-state index in [4.69, 9.17) is 0 Å². The van der Waals surface area contributed by atoms with Crippen molar-refractivity contribution in [2.75, 3.05) is 19.6 Å². The minimum atomic E-state index is 0.0796. The average Bonchev–Trinajstić information content (AvgIpc) is 3.18. The van der Waals surface area contributed by atoms with Crippen molar-refractivity contribution >= 4 is 40.3 Å². The molecule has 1 atom stereocenters. The first-order valence-electron chi connectivity index (χ1n) is 7.90. The molecule has 0 aromatic carbocycles. The van der Waals surface area contributed by atoms with Crippen molar-refractivity contribution in [3.05, 3.63) is 28.1 Å². The van der Waals surface area contributed by atoms with E-state index in [-0.39, 0.29) is 5.91 Å². The molecule has 0 saturated carbocycles. The molecule has 122 valence electrons. The first kappa shape index (κ1) is 15.6. The summed E-state index contributed by atoms with van der Waals surface area (Å²) in [5.74, 6) is 0.743. The van der Waals surface area contributed by atoms with Crippen LogP contribution in [0.2, 0.25) is 0 Å². The highest BCUT2D eigenvalue weighted by molar-refractivity contribution is 8.02. The molecule has 2 aromatic heterocycles. The normalized spacial score (nSPS) is 26.4. The number of thiazole rings is 1. The van der Waals surface area contributed by atoms with Crippen molar-refractivity contribution in [1.82, 2.24) is 15.2 Å². The number of carbonyl (C=O) groups excluding carboxylic acids is 1. The van der Waals surface area contributed by atoms with Gasteiger partial charge in [-0.1, -0.05) is 0 Å². The van der Waals surface area contributed by atoms with Gasteiger partial charge < -0.3 is 10.2 Å². The molecule has 3 fully saturated rings. The van der Waals surface area contributed by atoms with Gasteiger partial charge in [-0.2, -0.15) is 0 Å². The summed E-state index contributed by atoms with van der Waals surface area (Å²) in [6.07, 6.45) is 2.44. The van der Waals surface area contributed by atoms with Crippen molar-refractivity contribution in [2.45, 2.75) is 34.4 Å². The molecular formula is C16H19N3OS3. The van der Waals surface area contributed by atoms with Crippen LogP contribution in [0.1, 0.15) is 28.2 Å². The summed E-state index contributed by atoms with van der Waals surface area (Å²) < 4.78 is 2.16. The quantitative estimate of drug-likeness (QED) is 0.901. The molecule has 0 radical (unpaired) electrons. The van der Waals surface area contributed by atoms with Crippen LogP contribution in [0.25, 0.3) is 0 Å². The van der Waals surface area contributed by atoms with Gasteiger partial charge in [-0.15, -0.1) is 22.7 Å². The van der Waals surface area contributed by atoms with Crippen molar-refractivity contribution in [3.63, 3.8) is 0 Å². The summed E-state index contributed by atoms with van der Waals surface area (Å²) in [5.41, 5.74) is 1.05. The van der Waals surface area contributed by atoms with Gasteiger partial charge in [0.1, 0.15) is 0 Å². The zero-order valence-electron chi connectivity index (χ0n) is 12.9. The van der Waals surface area contributed by atoms with Gasteiger partial charge in [-0.3, -0.25) is 4.79 Å². The zero-order chi connectivity index (χ0) is 15.8. The van der Waals surface area contributed by atoms with Gasteiger partial charge in [-0.25, -0.2) is 4.98 Å². The number of carbonyl (C=O) groups is 1. The third-order valence-electron chi connectivity index (χ3n) is 4.56. The van der Waals surface area contributed by atoms with Gasteiger partial charge in [0.25, 0.3) is 5.91 Å². The number of thiophene rings is 1. The van der Waals surface area contributed by atoms with Gasteiger partial charge in [0.15, 0.2) is 4.34 Å². The number of aromatic nitrogens is 1. The highest BCUT2D eigenvalue weighted by atomic mass is 32.2. The molecule has 3 saturated heterocycles. The Balaban J connectivity index is 1.39.